The number of ether oxygens (including phenoxy) is 2. The predicted octanol–water partition coefficient (Wildman–Crippen LogP) is 4.31. The number of carbonyl (C=O) groups excluding carboxylic acids is 2. The maximum absolute atomic E-state index is 15.3. The molecule has 1 amide bonds. The molecule has 0 fully saturated rings. The van der Waals surface area contributed by atoms with Crippen molar-refractivity contribution in [3.05, 3.63) is 128 Å². The van der Waals surface area contributed by atoms with Crippen LogP contribution < -0.4 is 15.9 Å². The molecule has 0 saturated heterocycles. The third-order valence-electron chi connectivity index (χ3n) is 8.67. The quantitative estimate of drug-likeness (QED) is 0.217. The minimum Gasteiger partial charge on any atom is -0.451 e. The van der Waals surface area contributed by atoms with Crippen LogP contribution in [0.5, 0.6) is 5.75 Å². The second kappa shape index (κ2) is 13.2. The molecule has 3 aromatic carbocycles. The largest absolute Gasteiger partial charge is 0.451 e. The van der Waals surface area contributed by atoms with E-state index in [0.29, 0.717) is 48.1 Å². The van der Waals surface area contributed by atoms with Gasteiger partial charge in [-0.2, -0.15) is 5.10 Å². The van der Waals surface area contributed by atoms with Gasteiger partial charge in [-0.15, -0.1) is 0 Å². The smallest absolute Gasteiger partial charge is 0.326 e. The van der Waals surface area contributed by atoms with E-state index in [2.05, 4.69) is 5.10 Å². The summed E-state index contributed by atoms with van der Waals surface area (Å²) in [6, 6.07) is 17.2. The highest BCUT2D eigenvalue weighted by Gasteiger charge is 2.42. The van der Waals surface area contributed by atoms with Crippen LogP contribution in [0, 0.1) is 11.6 Å². The zero-order valence-electron chi connectivity index (χ0n) is 25.3. The molecule has 1 aromatic heterocycles. The molecule has 11 heteroatoms. The summed E-state index contributed by atoms with van der Waals surface area (Å²) >= 11 is 0. The lowest BCUT2D eigenvalue weighted by molar-refractivity contribution is -0.151. The summed E-state index contributed by atoms with van der Waals surface area (Å²) in [7, 11) is 0. The van der Waals surface area contributed by atoms with Crippen molar-refractivity contribution in [2.45, 2.75) is 50.6 Å². The molecular weight excluding hydrogens is 594 g/mol. The molecule has 0 bridgehead atoms. The Morgan fingerprint density at radius 2 is 1.63 bits per heavy atom. The van der Waals surface area contributed by atoms with Crippen LogP contribution in [0.15, 0.2) is 77.7 Å². The minimum atomic E-state index is -0.972. The molecule has 2 atom stereocenters. The average molecular weight is 629 g/mol. The van der Waals surface area contributed by atoms with Crippen molar-refractivity contribution in [1.82, 2.24) is 14.7 Å². The van der Waals surface area contributed by atoms with E-state index >= 15 is 8.78 Å². The second-order valence-electron chi connectivity index (χ2n) is 11.6. The number of carbonyl (C=O) groups is 2. The van der Waals surface area contributed by atoms with E-state index in [9.17, 15) is 14.4 Å². The van der Waals surface area contributed by atoms with Crippen LogP contribution in [0.1, 0.15) is 63.6 Å². The fourth-order valence-corrected chi connectivity index (χ4v) is 6.58. The zero-order valence-corrected chi connectivity index (χ0v) is 25.3. The van der Waals surface area contributed by atoms with E-state index < -0.39 is 53.7 Å². The number of rotatable bonds is 9. The number of amides is 1. The number of hydrogen-bond donors (Lipinski definition) is 1. The fraction of sp³-hybridized carbons (Fsp3) is 0.314. The molecule has 2 heterocycles. The number of hydrogen-bond acceptors (Lipinski definition) is 7. The number of nitrogens with two attached hydrogens (primary N) is 1. The Kier molecular flexibility index (Phi) is 8.94. The first-order valence-electron chi connectivity index (χ1n) is 15.3. The van der Waals surface area contributed by atoms with E-state index in [4.69, 9.17) is 15.2 Å². The van der Waals surface area contributed by atoms with Gasteiger partial charge in [-0.25, -0.2) is 8.78 Å². The van der Waals surface area contributed by atoms with Crippen LogP contribution in [0.2, 0.25) is 0 Å². The molecular formula is C35H34F2N4O5. The van der Waals surface area contributed by atoms with Crippen LogP contribution in [0.25, 0.3) is 0 Å². The number of esters is 1. The van der Waals surface area contributed by atoms with E-state index in [0.717, 1.165) is 11.8 Å². The topological polar surface area (TPSA) is 117 Å². The Bertz CT molecular complexity index is 1780. The lowest BCUT2D eigenvalue weighted by atomic mass is 9.81. The Morgan fingerprint density at radius 3 is 2.26 bits per heavy atom. The van der Waals surface area contributed by atoms with Gasteiger partial charge in [-0.05, 0) is 65.6 Å². The molecule has 1 aliphatic carbocycles. The molecule has 0 unspecified atom stereocenters. The van der Waals surface area contributed by atoms with Gasteiger partial charge in [-0.3, -0.25) is 19.1 Å². The van der Waals surface area contributed by atoms with Gasteiger partial charge in [0.2, 0.25) is 18.0 Å². The van der Waals surface area contributed by atoms with Gasteiger partial charge in [0.1, 0.15) is 17.7 Å². The van der Waals surface area contributed by atoms with E-state index in [1.54, 1.807) is 17.0 Å². The molecule has 2 N–H and O–H groups in total. The Labute approximate surface area is 264 Å². The monoisotopic (exact) mass is 628 g/mol. The second-order valence-corrected chi connectivity index (χ2v) is 11.6. The van der Waals surface area contributed by atoms with Crippen molar-refractivity contribution < 1.29 is 27.8 Å². The van der Waals surface area contributed by atoms with Crippen LogP contribution in [-0.2, 0) is 28.8 Å². The third kappa shape index (κ3) is 5.90. The van der Waals surface area contributed by atoms with Crippen LogP contribution in [-0.4, -0.2) is 52.5 Å². The first-order valence-corrected chi connectivity index (χ1v) is 15.3. The van der Waals surface area contributed by atoms with Crippen molar-refractivity contribution in [3.8, 4) is 5.75 Å². The minimum absolute atomic E-state index is 0.123. The normalized spacial score (nSPS) is 16.6. The Morgan fingerprint density at radius 1 is 0.978 bits per heavy atom. The lowest BCUT2D eigenvalue weighted by Gasteiger charge is -2.40. The van der Waals surface area contributed by atoms with E-state index in [1.165, 1.54) is 16.8 Å². The standard InChI is InChI=1S/C35H34F2N4O5/c1-2-16-40-19-29(31-24-10-6-12-26(36)22(24)14-15-23-25(31)11-7-13-27(23)37)41-32(34(40)43)33(30(42)18-39-41)45-20-46-35(44)28(38)17-21-8-4-3-5-9-21/h3-13,18,28-29,31H,2,14-17,19-20,38H2,1H3/t28-,29-/m1/s1. The van der Waals surface area contributed by atoms with Gasteiger partial charge in [0.15, 0.2) is 5.69 Å². The summed E-state index contributed by atoms with van der Waals surface area (Å²) in [5.41, 5.74) is 8.35. The van der Waals surface area contributed by atoms with Gasteiger partial charge < -0.3 is 20.1 Å². The van der Waals surface area contributed by atoms with Crippen molar-refractivity contribution in [2.75, 3.05) is 19.9 Å². The summed E-state index contributed by atoms with van der Waals surface area (Å²) in [5, 5.41) is 4.38. The molecule has 1 aliphatic heterocycles. The SMILES string of the molecule is CCCN1C[C@H](C2c3cccc(F)c3CCc3c(F)cccc32)n2ncc(=O)c(OCOC(=O)[C@H](N)Cc3ccccc3)c2C1=O. The van der Waals surface area contributed by atoms with Gasteiger partial charge in [0.25, 0.3) is 5.91 Å². The lowest BCUT2D eigenvalue weighted by Crippen LogP contribution is -2.47. The number of aromatic nitrogens is 2. The van der Waals surface area contributed by atoms with Gasteiger partial charge in [-0.1, -0.05) is 61.5 Å². The van der Waals surface area contributed by atoms with Crippen molar-refractivity contribution >= 4 is 11.9 Å². The number of fused-ring (bicyclic) bond motifs is 3. The summed E-state index contributed by atoms with van der Waals surface area (Å²) in [4.78, 5) is 41.3. The van der Waals surface area contributed by atoms with Crippen LogP contribution >= 0.6 is 0 Å². The molecule has 0 saturated carbocycles. The Balaban J connectivity index is 1.38. The van der Waals surface area contributed by atoms with Gasteiger partial charge in [0.05, 0.1) is 12.2 Å². The first-order chi connectivity index (χ1) is 22.3. The highest BCUT2D eigenvalue weighted by Crippen LogP contribution is 2.44. The summed E-state index contributed by atoms with van der Waals surface area (Å²) in [6.45, 7) is 1.80. The average Bonchev–Trinajstić information content (AvgIpc) is 3.22. The molecule has 6 rings (SSSR count). The van der Waals surface area contributed by atoms with E-state index in [-0.39, 0.29) is 24.4 Å². The molecule has 4 aromatic rings. The highest BCUT2D eigenvalue weighted by molar-refractivity contribution is 5.96. The number of halogens is 2. The molecule has 2 aliphatic rings. The van der Waals surface area contributed by atoms with Crippen molar-refractivity contribution in [2.24, 2.45) is 5.73 Å². The molecule has 9 nitrogen and oxygen atoms in total. The maximum Gasteiger partial charge on any atom is 0.326 e. The van der Waals surface area contributed by atoms with Crippen LogP contribution in [0.4, 0.5) is 8.78 Å². The van der Waals surface area contributed by atoms with Crippen molar-refractivity contribution in [3.63, 3.8) is 0 Å². The first kappa shape index (κ1) is 31.1. The molecule has 238 valence electrons. The molecule has 46 heavy (non-hydrogen) atoms. The molecule has 0 radical (unpaired) electrons. The maximum atomic E-state index is 15.3. The predicted molar refractivity (Wildman–Crippen MR) is 165 cm³/mol. The number of nitrogens with zero attached hydrogens (tertiary/aromatic N) is 3. The summed E-state index contributed by atoms with van der Waals surface area (Å²) in [6.07, 6.45) is 2.50. The summed E-state index contributed by atoms with van der Waals surface area (Å²) in [5.74, 6) is -2.95. The van der Waals surface area contributed by atoms with Gasteiger partial charge in [0, 0.05) is 19.0 Å². The van der Waals surface area contributed by atoms with E-state index in [1.807, 2.05) is 49.4 Å². The molecule has 0 spiro atoms. The summed E-state index contributed by atoms with van der Waals surface area (Å²) < 4.78 is 42.9. The van der Waals surface area contributed by atoms with Crippen LogP contribution in [0.3, 0.4) is 0 Å². The van der Waals surface area contributed by atoms with Gasteiger partial charge >= 0.3 is 5.97 Å². The number of benzene rings is 3. The third-order valence-corrected chi connectivity index (χ3v) is 8.67. The highest BCUT2D eigenvalue weighted by atomic mass is 19.1. The Hall–Kier alpha value is -4.90. The fourth-order valence-electron chi connectivity index (χ4n) is 6.58. The zero-order chi connectivity index (χ0) is 32.4. The van der Waals surface area contributed by atoms with Crippen molar-refractivity contribution in [1.29, 1.82) is 0 Å².